The number of carboxylic acid groups (broad SMARTS) is 1. The fourth-order valence-electron chi connectivity index (χ4n) is 2.05. The van der Waals surface area contributed by atoms with E-state index in [0.717, 1.165) is 0 Å². The maximum Gasteiger partial charge on any atom is 0.337 e. The first-order valence-electron chi connectivity index (χ1n) is 6.50. The molecule has 0 bridgehead atoms. The van der Waals surface area contributed by atoms with E-state index in [2.05, 4.69) is 21.2 Å². The van der Waals surface area contributed by atoms with E-state index in [0.29, 0.717) is 10.0 Å². The molecule has 0 radical (unpaired) electrons. The van der Waals surface area contributed by atoms with Crippen LogP contribution in [0.3, 0.4) is 0 Å². The van der Waals surface area contributed by atoms with Gasteiger partial charge in [0.15, 0.2) is 9.84 Å². The number of aryl methyl sites for hydroxylation is 1. The molecule has 2 aromatic rings. The lowest BCUT2D eigenvalue weighted by molar-refractivity contribution is 0.0697. The average Bonchev–Trinajstić information content (AvgIpc) is 2.45. The Bertz CT molecular complexity index is 847. The lowest BCUT2D eigenvalue weighted by Gasteiger charge is -2.14. The zero-order chi connectivity index (χ0) is 17.2. The number of hydrogen-bond donors (Lipinski definition) is 3. The highest BCUT2D eigenvalue weighted by atomic mass is 79.9. The SMILES string of the molecule is Cc1cc(Br)cc(C(=O)O)c1NCS(=O)(=O)c1ccc(O)cc1. The molecule has 0 saturated carbocycles. The summed E-state index contributed by atoms with van der Waals surface area (Å²) in [4.78, 5) is 11.4. The number of benzene rings is 2. The third kappa shape index (κ3) is 4.02. The Labute approximate surface area is 141 Å². The Morgan fingerprint density at radius 1 is 1.22 bits per heavy atom. The molecule has 2 rings (SSSR count). The zero-order valence-corrected chi connectivity index (χ0v) is 14.5. The number of carbonyl (C=O) groups is 1. The number of aromatic carboxylic acids is 1. The third-order valence-electron chi connectivity index (χ3n) is 3.17. The summed E-state index contributed by atoms with van der Waals surface area (Å²) < 4.78 is 25.1. The van der Waals surface area contributed by atoms with Gasteiger partial charge in [-0.15, -0.1) is 0 Å². The first-order valence-corrected chi connectivity index (χ1v) is 8.94. The van der Waals surface area contributed by atoms with Crippen molar-refractivity contribution < 1.29 is 23.4 Å². The van der Waals surface area contributed by atoms with E-state index in [1.54, 1.807) is 13.0 Å². The van der Waals surface area contributed by atoms with E-state index in [1.807, 2.05) is 0 Å². The Morgan fingerprint density at radius 3 is 2.39 bits per heavy atom. The van der Waals surface area contributed by atoms with Crippen LogP contribution in [0.1, 0.15) is 15.9 Å². The van der Waals surface area contributed by atoms with E-state index in [1.165, 1.54) is 30.3 Å². The van der Waals surface area contributed by atoms with Crippen LogP contribution in [0.25, 0.3) is 0 Å². The summed E-state index contributed by atoms with van der Waals surface area (Å²) in [6, 6.07) is 8.24. The van der Waals surface area contributed by atoms with Crippen molar-refractivity contribution in [3.8, 4) is 5.75 Å². The number of nitrogens with one attached hydrogen (secondary N) is 1. The molecule has 0 aliphatic carbocycles. The van der Waals surface area contributed by atoms with Crippen molar-refractivity contribution in [2.45, 2.75) is 11.8 Å². The van der Waals surface area contributed by atoms with Gasteiger partial charge in [-0.2, -0.15) is 0 Å². The Kier molecular flexibility index (Phi) is 4.96. The molecule has 8 heteroatoms. The highest BCUT2D eigenvalue weighted by Crippen LogP contribution is 2.26. The van der Waals surface area contributed by atoms with Crippen LogP contribution in [0.15, 0.2) is 45.8 Å². The molecule has 0 unspecified atom stereocenters. The fraction of sp³-hybridized carbons (Fsp3) is 0.133. The normalized spacial score (nSPS) is 11.2. The average molecular weight is 400 g/mol. The molecule has 0 aliphatic rings. The van der Waals surface area contributed by atoms with Crippen molar-refractivity contribution in [2.24, 2.45) is 0 Å². The van der Waals surface area contributed by atoms with Crippen LogP contribution in [-0.2, 0) is 9.84 Å². The third-order valence-corrected chi connectivity index (χ3v) is 5.14. The number of phenolic OH excluding ortho intramolecular Hbond substituents is 1. The summed E-state index contributed by atoms with van der Waals surface area (Å²) in [6.07, 6.45) is 0. The largest absolute Gasteiger partial charge is 0.508 e. The van der Waals surface area contributed by atoms with Crippen LogP contribution in [0.2, 0.25) is 0 Å². The maximum absolute atomic E-state index is 12.3. The summed E-state index contributed by atoms with van der Waals surface area (Å²) in [5, 5.41) is 21.2. The van der Waals surface area contributed by atoms with Crippen molar-refractivity contribution >= 4 is 37.4 Å². The van der Waals surface area contributed by atoms with Gasteiger partial charge in [0.1, 0.15) is 11.6 Å². The molecule has 0 fully saturated rings. The van der Waals surface area contributed by atoms with E-state index in [9.17, 15) is 23.4 Å². The molecule has 0 spiro atoms. The van der Waals surface area contributed by atoms with Gasteiger partial charge in [0.05, 0.1) is 16.1 Å². The van der Waals surface area contributed by atoms with Crippen molar-refractivity contribution in [3.05, 3.63) is 52.0 Å². The van der Waals surface area contributed by atoms with E-state index in [4.69, 9.17) is 0 Å². The standard InChI is InChI=1S/C15H14BrNO5S/c1-9-6-10(16)7-13(15(19)20)14(9)17-8-23(21,22)12-4-2-11(18)3-5-12/h2-7,17-18H,8H2,1H3,(H,19,20). The molecule has 2 aromatic carbocycles. The van der Waals surface area contributed by atoms with Crippen molar-refractivity contribution in [3.63, 3.8) is 0 Å². The summed E-state index contributed by atoms with van der Waals surface area (Å²) in [6.45, 7) is 1.69. The molecular weight excluding hydrogens is 386 g/mol. The Morgan fingerprint density at radius 2 is 1.83 bits per heavy atom. The number of carboxylic acids is 1. The molecule has 3 N–H and O–H groups in total. The Hall–Kier alpha value is -2.06. The number of phenols is 1. The van der Waals surface area contributed by atoms with Crippen LogP contribution >= 0.6 is 15.9 Å². The minimum atomic E-state index is -3.67. The second kappa shape index (κ2) is 6.59. The lowest BCUT2D eigenvalue weighted by atomic mass is 10.1. The zero-order valence-electron chi connectivity index (χ0n) is 12.1. The first-order chi connectivity index (χ1) is 10.7. The lowest BCUT2D eigenvalue weighted by Crippen LogP contribution is -2.17. The van der Waals surface area contributed by atoms with Crippen LogP contribution in [-0.4, -0.2) is 30.5 Å². The number of halogens is 1. The van der Waals surface area contributed by atoms with Crippen molar-refractivity contribution in [2.75, 3.05) is 11.2 Å². The van der Waals surface area contributed by atoms with Crippen molar-refractivity contribution in [1.29, 1.82) is 0 Å². The fourth-order valence-corrected chi connectivity index (χ4v) is 3.67. The number of aromatic hydroxyl groups is 1. The second-order valence-electron chi connectivity index (χ2n) is 4.88. The van der Waals surface area contributed by atoms with Gasteiger partial charge >= 0.3 is 5.97 Å². The minimum Gasteiger partial charge on any atom is -0.508 e. The summed E-state index contributed by atoms with van der Waals surface area (Å²) in [5.74, 6) is -1.65. The number of hydrogen-bond acceptors (Lipinski definition) is 5. The number of anilines is 1. The monoisotopic (exact) mass is 399 g/mol. The van der Waals surface area contributed by atoms with E-state index < -0.39 is 21.7 Å². The molecule has 0 saturated heterocycles. The molecule has 23 heavy (non-hydrogen) atoms. The predicted octanol–water partition coefficient (Wildman–Crippen LogP) is 3.00. The molecular formula is C15H14BrNO5S. The van der Waals surface area contributed by atoms with Gasteiger partial charge in [-0.1, -0.05) is 15.9 Å². The molecule has 0 atom stereocenters. The maximum atomic E-state index is 12.3. The highest BCUT2D eigenvalue weighted by Gasteiger charge is 2.18. The minimum absolute atomic E-state index is 0.0159. The van der Waals surface area contributed by atoms with Gasteiger partial charge in [-0.25, -0.2) is 13.2 Å². The second-order valence-corrected chi connectivity index (χ2v) is 7.79. The molecule has 122 valence electrons. The Balaban J connectivity index is 2.30. The summed E-state index contributed by atoms with van der Waals surface area (Å²) in [5.41, 5.74) is 0.846. The quantitative estimate of drug-likeness (QED) is 0.713. The summed E-state index contributed by atoms with van der Waals surface area (Å²) >= 11 is 3.22. The summed E-state index contributed by atoms with van der Waals surface area (Å²) in [7, 11) is -3.67. The van der Waals surface area contributed by atoms with Gasteiger partial charge in [-0.3, -0.25) is 0 Å². The topological polar surface area (TPSA) is 104 Å². The van der Waals surface area contributed by atoms with Gasteiger partial charge in [0.25, 0.3) is 0 Å². The van der Waals surface area contributed by atoms with Crippen LogP contribution < -0.4 is 5.32 Å². The molecule has 6 nitrogen and oxygen atoms in total. The van der Waals surface area contributed by atoms with E-state index in [-0.39, 0.29) is 21.9 Å². The smallest absolute Gasteiger partial charge is 0.337 e. The van der Waals surface area contributed by atoms with Crippen LogP contribution in [0.4, 0.5) is 5.69 Å². The number of sulfone groups is 1. The van der Waals surface area contributed by atoms with Crippen molar-refractivity contribution in [1.82, 2.24) is 0 Å². The van der Waals surface area contributed by atoms with Crippen LogP contribution in [0, 0.1) is 6.92 Å². The molecule has 0 amide bonds. The van der Waals surface area contributed by atoms with E-state index >= 15 is 0 Å². The first kappa shape index (κ1) is 17.3. The van der Waals surface area contributed by atoms with Gasteiger partial charge < -0.3 is 15.5 Å². The molecule has 0 aliphatic heterocycles. The number of rotatable bonds is 5. The predicted molar refractivity (Wildman–Crippen MR) is 89.6 cm³/mol. The van der Waals surface area contributed by atoms with Crippen LogP contribution in [0.5, 0.6) is 5.75 Å². The highest BCUT2D eigenvalue weighted by molar-refractivity contribution is 9.10. The molecule has 0 aromatic heterocycles. The molecule has 0 heterocycles. The van der Waals surface area contributed by atoms with Gasteiger partial charge in [0.2, 0.25) is 0 Å². The van der Waals surface area contributed by atoms with Gasteiger partial charge in [-0.05, 0) is 48.9 Å². The van der Waals surface area contributed by atoms with Gasteiger partial charge in [0, 0.05) is 4.47 Å².